The molecule has 0 saturated heterocycles. The number of rotatable bonds is 11. The molecule has 0 N–H and O–H groups in total. The van der Waals surface area contributed by atoms with Crippen LogP contribution < -0.4 is 0 Å². The zero-order valence-electron chi connectivity index (χ0n) is 17.3. The topological polar surface area (TPSA) is 60.9 Å². The first-order chi connectivity index (χ1) is 12.0. The van der Waals surface area contributed by atoms with E-state index in [1.165, 1.54) is 0 Å². The van der Waals surface area contributed by atoms with Crippen LogP contribution in [0.5, 0.6) is 0 Å². The Hall–Kier alpha value is -2.11. The summed E-state index contributed by atoms with van der Waals surface area (Å²) in [6.45, 7) is 16.8. The van der Waals surface area contributed by atoms with Gasteiger partial charge in [0.05, 0.1) is 0 Å². The summed E-state index contributed by atoms with van der Waals surface area (Å²) in [6, 6.07) is 0. The average Bonchev–Trinajstić information content (AvgIpc) is 2.57. The van der Waals surface area contributed by atoms with Crippen molar-refractivity contribution >= 4 is 17.7 Å². The molecule has 0 unspecified atom stereocenters. The van der Waals surface area contributed by atoms with Gasteiger partial charge in [-0.2, -0.15) is 0 Å². The van der Waals surface area contributed by atoms with Crippen molar-refractivity contribution in [2.45, 2.75) is 40.5 Å². The maximum atomic E-state index is 12.3. The fourth-order valence-corrected chi connectivity index (χ4v) is 2.56. The Labute approximate surface area is 158 Å². The van der Waals surface area contributed by atoms with Crippen molar-refractivity contribution in [1.82, 2.24) is 14.7 Å². The zero-order chi connectivity index (χ0) is 20.4. The fraction of sp³-hybridized carbons (Fsp3) is 0.650. The zero-order valence-corrected chi connectivity index (χ0v) is 17.3. The second-order valence-corrected chi connectivity index (χ2v) is 7.20. The highest BCUT2D eigenvalue weighted by Gasteiger charge is 2.17. The highest BCUT2D eigenvalue weighted by atomic mass is 16.2. The van der Waals surface area contributed by atoms with Crippen LogP contribution in [-0.2, 0) is 14.4 Å². The standard InChI is InChI=1S/C20H35N3O3/c1-15(2)18(24)21(7)11-9-13-23(20(26)17(5)6)14-10-12-22(8)19(25)16(3)4/h16H,1,5,9-14H2,2-4,6-8H3. The van der Waals surface area contributed by atoms with Gasteiger partial charge in [0, 0.05) is 57.3 Å². The SMILES string of the molecule is C=C(C)C(=O)N(C)CCCN(CCCN(C)C(=O)C(C)C)C(=O)C(=C)C. The van der Waals surface area contributed by atoms with Crippen molar-refractivity contribution in [3.05, 3.63) is 24.3 Å². The lowest BCUT2D eigenvalue weighted by atomic mass is 10.2. The van der Waals surface area contributed by atoms with Gasteiger partial charge in [-0.3, -0.25) is 14.4 Å². The van der Waals surface area contributed by atoms with E-state index in [0.717, 1.165) is 0 Å². The summed E-state index contributed by atoms with van der Waals surface area (Å²) in [5.41, 5.74) is 0.989. The van der Waals surface area contributed by atoms with Gasteiger partial charge in [0.2, 0.25) is 17.7 Å². The van der Waals surface area contributed by atoms with Gasteiger partial charge in [-0.05, 0) is 26.7 Å². The molecule has 0 fully saturated rings. The predicted octanol–water partition coefficient (Wildman–Crippen LogP) is 2.32. The summed E-state index contributed by atoms with van der Waals surface area (Å²) < 4.78 is 0. The molecule has 0 atom stereocenters. The van der Waals surface area contributed by atoms with Crippen LogP contribution in [0, 0.1) is 5.92 Å². The number of nitrogens with zero attached hydrogens (tertiary/aromatic N) is 3. The van der Waals surface area contributed by atoms with Crippen LogP contribution in [0.2, 0.25) is 0 Å². The van der Waals surface area contributed by atoms with Crippen molar-refractivity contribution in [1.29, 1.82) is 0 Å². The summed E-state index contributed by atoms with van der Waals surface area (Å²) in [6.07, 6.45) is 1.38. The maximum Gasteiger partial charge on any atom is 0.248 e. The van der Waals surface area contributed by atoms with Crippen LogP contribution in [0.15, 0.2) is 24.3 Å². The van der Waals surface area contributed by atoms with Crippen molar-refractivity contribution in [2.24, 2.45) is 5.92 Å². The Bertz CT molecular complexity index is 540. The second-order valence-electron chi connectivity index (χ2n) is 7.20. The van der Waals surface area contributed by atoms with E-state index < -0.39 is 0 Å². The monoisotopic (exact) mass is 365 g/mol. The van der Waals surface area contributed by atoms with E-state index in [2.05, 4.69) is 13.2 Å². The smallest absolute Gasteiger partial charge is 0.248 e. The van der Waals surface area contributed by atoms with Gasteiger partial charge in [-0.25, -0.2) is 0 Å². The van der Waals surface area contributed by atoms with Crippen LogP contribution in [0.1, 0.15) is 40.5 Å². The average molecular weight is 366 g/mol. The number of carbonyl (C=O) groups excluding carboxylic acids is 3. The summed E-state index contributed by atoms with van der Waals surface area (Å²) in [4.78, 5) is 41.1. The van der Waals surface area contributed by atoms with Crippen molar-refractivity contribution < 1.29 is 14.4 Å². The van der Waals surface area contributed by atoms with E-state index >= 15 is 0 Å². The molecule has 148 valence electrons. The van der Waals surface area contributed by atoms with Gasteiger partial charge in [0.1, 0.15) is 0 Å². The van der Waals surface area contributed by atoms with E-state index in [4.69, 9.17) is 0 Å². The van der Waals surface area contributed by atoms with Crippen LogP contribution in [-0.4, -0.2) is 72.7 Å². The molecule has 6 nitrogen and oxygen atoms in total. The molecule has 0 rings (SSSR count). The quantitative estimate of drug-likeness (QED) is 0.528. The molecule has 0 aliphatic rings. The molecule has 6 heteroatoms. The first-order valence-electron chi connectivity index (χ1n) is 9.09. The Balaban J connectivity index is 4.57. The third-order valence-corrected chi connectivity index (χ3v) is 4.08. The molecule has 26 heavy (non-hydrogen) atoms. The minimum absolute atomic E-state index is 0.0328. The summed E-state index contributed by atoms with van der Waals surface area (Å²) in [5, 5.41) is 0. The normalized spacial score (nSPS) is 10.4. The Morgan fingerprint density at radius 3 is 1.58 bits per heavy atom. The molecule has 0 saturated carbocycles. The molecular weight excluding hydrogens is 330 g/mol. The van der Waals surface area contributed by atoms with E-state index in [-0.39, 0.29) is 23.6 Å². The van der Waals surface area contributed by atoms with Crippen molar-refractivity contribution in [3.63, 3.8) is 0 Å². The van der Waals surface area contributed by atoms with Crippen molar-refractivity contribution in [2.75, 3.05) is 40.3 Å². The lowest BCUT2D eigenvalue weighted by molar-refractivity contribution is -0.133. The number of amides is 3. The molecule has 0 spiro atoms. The fourth-order valence-electron chi connectivity index (χ4n) is 2.56. The molecule has 0 bridgehead atoms. The summed E-state index contributed by atoms with van der Waals surface area (Å²) >= 11 is 0. The highest BCUT2D eigenvalue weighted by Crippen LogP contribution is 2.06. The lowest BCUT2D eigenvalue weighted by Gasteiger charge is -2.26. The first-order valence-corrected chi connectivity index (χ1v) is 9.09. The molecule has 0 aliphatic heterocycles. The number of hydrogen-bond acceptors (Lipinski definition) is 3. The summed E-state index contributed by atoms with van der Waals surface area (Å²) in [5.74, 6) is -0.106. The summed E-state index contributed by atoms with van der Waals surface area (Å²) in [7, 11) is 3.51. The van der Waals surface area contributed by atoms with Crippen molar-refractivity contribution in [3.8, 4) is 0 Å². The lowest BCUT2D eigenvalue weighted by Crippen LogP contribution is -2.38. The Morgan fingerprint density at radius 2 is 1.19 bits per heavy atom. The predicted molar refractivity (Wildman–Crippen MR) is 106 cm³/mol. The molecular formula is C20H35N3O3. The third kappa shape index (κ3) is 8.32. The molecule has 0 radical (unpaired) electrons. The molecule has 0 aliphatic carbocycles. The third-order valence-electron chi connectivity index (χ3n) is 4.08. The first kappa shape index (κ1) is 23.9. The Morgan fingerprint density at radius 1 is 0.769 bits per heavy atom. The molecule has 0 aromatic rings. The minimum atomic E-state index is -0.0865. The van der Waals surface area contributed by atoms with Crippen LogP contribution in [0.25, 0.3) is 0 Å². The van der Waals surface area contributed by atoms with Crippen LogP contribution in [0.3, 0.4) is 0 Å². The molecule has 0 heterocycles. The van der Waals surface area contributed by atoms with E-state index in [1.54, 1.807) is 42.6 Å². The van der Waals surface area contributed by atoms with E-state index in [0.29, 0.717) is 50.2 Å². The van der Waals surface area contributed by atoms with Gasteiger partial charge >= 0.3 is 0 Å². The van der Waals surface area contributed by atoms with E-state index in [9.17, 15) is 14.4 Å². The second kappa shape index (κ2) is 11.5. The number of likely N-dealkylation sites (N-methyl/N-ethyl adjacent to an activating group) is 1. The van der Waals surface area contributed by atoms with Gasteiger partial charge in [-0.1, -0.05) is 27.0 Å². The molecule has 3 amide bonds. The van der Waals surface area contributed by atoms with Gasteiger partial charge in [0.15, 0.2) is 0 Å². The van der Waals surface area contributed by atoms with Gasteiger partial charge in [0.25, 0.3) is 0 Å². The number of hydrogen-bond donors (Lipinski definition) is 0. The Kier molecular flexibility index (Phi) is 10.6. The van der Waals surface area contributed by atoms with Gasteiger partial charge in [-0.15, -0.1) is 0 Å². The maximum absolute atomic E-state index is 12.3. The largest absolute Gasteiger partial charge is 0.345 e. The number of carbonyl (C=O) groups is 3. The van der Waals surface area contributed by atoms with Crippen LogP contribution in [0.4, 0.5) is 0 Å². The molecule has 0 aromatic heterocycles. The van der Waals surface area contributed by atoms with E-state index in [1.807, 2.05) is 13.8 Å². The highest BCUT2D eigenvalue weighted by molar-refractivity contribution is 5.92. The van der Waals surface area contributed by atoms with Crippen LogP contribution >= 0.6 is 0 Å². The molecule has 0 aromatic carbocycles. The van der Waals surface area contributed by atoms with Gasteiger partial charge < -0.3 is 14.7 Å². The minimum Gasteiger partial charge on any atom is -0.345 e.